The van der Waals surface area contributed by atoms with Crippen LogP contribution in [-0.4, -0.2) is 12.6 Å². The molecule has 3 nitrogen and oxygen atoms in total. The second-order valence-electron chi connectivity index (χ2n) is 2.91. The molecule has 66 valence electrons. The summed E-state index contributed by atoms with van der Waals surface area (Å²) in [5.74, 6) is -0.119. The van der Waals surface area contributed by atoms with Gasteiger partial charge in [-0.1, -0.05) is 20.4 Å². The Bertz CT molecular complexity index is 213. The van der Waals surface area contributed by atoms with E-state index in [1.54, 1.807) is 6.07 Å². The molecule has 0 N–H and O–H groups in total. The molecule has 0 radical (unpaired) electrons. The first-order valence-electron chi connectivity index (χ1n) is 3.84. The molecule has 0 aliphatic carbocycles. The smallest absolute Gasteiger partial charge is 0.348 e. The SMILES string of the molecule is C=C(C#N)C(=O)OCCC(C)C. The lowest BCUT2D eigenvalue weighted by Crippen LogP contribution is -2.08. The number of carbonyl (C=O) groups is 1. The van der Waals surface area contributed by atoms with Gasteiger partial charge in [0.2, 0.25) is 0 Å². The largest absolute Gasteiger partial charge is 0.462 e. The molecule has 0 unspecified atom stereocenters. The molecular formula is C9H13NO2. The lowest BCUT2D eigenvalue weighted by Gasteiger charge is -2.04. The van der Waals surface area contributed by atoms with Crippen molar-refractivity contribution in [3.63, 3.8) is 0 Å². The standard InChI is InChI=1S/C9H13NO2/c1-7(2)4-5-12-9(11)8(3)6-10/h7H,3-5H2,1-2H3. The van der Waals surface area contributed by atoms with Gasteiger partial charge in [0.25, 0.3) is 0 Å². The van der Waals surface area contributed by atoms with Gasteiger partial charge in [0.15, 0.2) is 0 Å². The lowest BCUT2D eigenvalue weighted by atomic mass is 10.1. The van der Waals surface area contributed by atoms with Crippen molar-refractivity contribution >= 4 is 5.97 Å². The molecule has 0 aliphatic heterocycles. The fourth-order valence-electron chi connectivity index (χ4n) is 0.520. The quantitative estimate of drug-likeness (QED) is 0.363. The summed E-state index contributed by atoms with van der Waals surface area (Å²) >= 11 is 0. The minimum absolute atomic E-state index is 0.140. The molecule has 0 amide bonds. The van der Waals surface area contributed by atoms with E-state index in [2.05, 4.69) is 6.58 Å². The summed E-state index contributed by atoms with van der Waals surface area (Å²) in [6.07, 6.45) is 0.810. The van der Waals surface area contributed by atoms with Crippen LogP contribution in [0.3, 0.4) is 0 Å². The number of hydrogen-bond donors (Lipinski definition) is 0. The van der Waals surface area contributed by atoms with E-state index in [-0.39, 0.29) is 5.57 Å². The Hall–Kier alpha value is -1.30. The Labute approximate surface area is 72.6 Å². The predicted octanol–water partition coefficient (Wildman–Crippen LogP) is 1.66. The number of esters is 1. The Balaban J connectivity index is 3.60. The van der Waals surface area contributed by atoms with E-state index in [0.717, 1.165) is 6.42 Å². The highest BCUT2D eigenvalue weighted by Crippen LogP contribution is 2.00. The van der Waals surface area contributed by atoms with Gasteiger partial charge in [0, 0.05) is 0 Å². The van der Waals surface area contributed by atoms with Gasteiger partial charge in [-0.05, 0) is 12.3 Å². The Morgan fingerprint density at radius 2 is 2.25 bits per heavy atom. The summed E-state index contributed by atoms with van der Waals surface area (Å²) in [7, 11) is 0. The molecule has 0 saturated carbocycles. The van der Waals surface area contributed by atoms with Crippen LogP contribution in [-0.2, 0) is 9.53 Å². The fourth-order valence-corrected chi connectivity index (χ4v) is 0.520. The highest BCUT2D eigenvalue weighted by Gasteiger charge is 2.06. The molecule has 0 bridgehead atoms. The van der Waals surface area contributed by atoms with E-state index in [0.29, 0.717) is 12.5 Å². The third-order valence-corrected chi connectivity index (χ3v) is 1.31. The monoisotopic (exact) mass is 167 g/mol. The van der Waals surface area contributed by atoms with Gasteiger partial charge >= 0.3 is 5.97 Å². The summed E-state index contributed by atoms with van der Waals surface area (Å²) in [5, 5.41) is 8.26. The van der Waals surface area contributed by atoms with Gasteiger partial charge in [-0.3, -0.25) is 0 Å². The van der Waals surface area contributed by atoms with Crippen molar-refractivity contribution in [2.75, 3.05) is 6.61 Å². The average molecular weight is 167 g/mol. The lowest BCUT2D eigenvalue weighted by molar-refractivity contribution is -0.138. The van der Waals surface area contributed by atoms with E-state index in [9.17, 15) is 4.79 Å². The fraction of sp³-hybridized carbons (Fsp3) is 0.556. The van der Waals surface area contributed by atoms with Crippen LogP contribution in [0, 0.1) is 17.2 Å². The van der Waals surface area contributed by atoms with E-state index in [1.807, 2.05) is 13.8 Å². The molecule has 0 spiro atoms. The maximum absolute atomic E-state index is 10.8. The van der Waals surface area contributed by atoms with Crippen LogP contribution in [0.4, 0.5) is 0 Å². The van der Waals surface area contributed by atoms with E-state index < -0.39 is 5.97 Å². The van der Waals surface area contributed by atoms with E-state index in [1.165, 1.54) is 0 Å². The van der Waals surface area contributed by atoms with Crippen LogP contribution >= 0.6 is 0 Å². The molecule has 12 heavy (non-hydrogen) atoms. The zero-order chi connectivity index (χ0) is 9.56. The third kappa shape index (κ3) is 4.51. The van der Waals surface area contributed by atoms with Gasteiger partial charge in [-0.25, -0.2) is 4.79 Å². The maximum atomic E-state index is 10.8. The van der Waals surface area contributed by atoms with Crippen LogP contribution in [0.15, 0.2) is 12.2 Å². The van der Waals surface area contributed by atoms with Crippen molar-refractivity contribution in [3.8, 4) is 6.07 Å². The normalized spacial score (nSPS) is 9.17. The summed E-state index contributed by atoms with van der Waals surface area (Å²) in [6.45, 7) is 7.66. The highest BCUT2D eigenvalue weighted by atomic mass is 16.5. The van der Waals surface area contributed by atoms with E-state index >= 15 is 0 Å². The van der Waals surface area contributed by atoms with Crippen LogP contribution in [0.5, 0.6) is 0 Å². The van der Waals surface area contributed by atoms with Gasteiger partial charge in [-0.15, -0.1) is 0 Å². The van der Waals surface area contributed by atoms with Gasteiger partial charge in [0.05, 0.1) is 6.61 Å². The van der Waals surface area contributed by atoms with Crippen molar-refractivity contribution < 1.29 is 9.53 Å². The number of ether oxygens (including phenoxy) is 1. The van der Waals surface area contributed by atoms with Crippen molar-refractivity contribution in [2.45, 2.75) is 20.3 Å². The summed E-state index contributed by atoms with van der Waals surface area (Å²) in [5.41, 5.74) is -0.140. The van der Waals surface area contributed by atoms with Crippen LogP contribution in [0.25, 0.3) is 0 Å². The second kappa shape index (κ2) is 5.36. The average Bonchev–Trinajstić information content (AvgIpc) is 2.02. The summed E-state index contributed by atoms with van der Waals surface area (Å²) < 4.78 is 4.74. The zero-order valence-electron chi connectivity index (χ0n) is 7.46. The second-order valence-corrected chi connectivity index (χ2v) is 2.91. The number of rotatable bonds is 4. The summed E-state index contributed by atoms with van der Waals surface area (Å²) in [6, 6.07) is 1.63. The zero-order valence-corrected chi connectivity index (χ0v) is 7.46. The van der Waals surface area contributed by atoms with Crippen LogP contribution < -0.4 is 0 Å². The van der Waals surface area contributed by atoms with Gasteiger partial charge in [0.1, 0.15) is 11.6 Å². The Kier molecular flexibility index (Phi) is 4.78. The van der Waals surface area contributed by atoms with E-state index in [4.69, 9.17) is 10.00 Å². The Morgan fingerprint density at radius 1 is 1.67 bits per heavy atom. The Morgan fingerprint density at radius 3 is 2.67 bits per heavy atom. The molecule has 0 rings (SSSR count). The number of nitriles is 1. The minimum Gasteiger partial charge on any atom is -0.462 e. The van der Waals surface area contributed by atoms with Crippen molar-refractivity contribution in [2.24, 2.45) is 5.92 Å². The van der Waals surface area contributed by atoms with Crippen molar-refractivity contribution in [1.82, 2.24) is 0 Å². The topological polar surface area (TPSA) is 50.1 Å². The number of nitrogens with zero attached hydrogens (tertiary/aromatic N) is 1. The first kappa shape index (κ1) is 10.7. The molecule has 0 aromatic heterocycles. The molecule has 0 heterocycles. The first-order chi connectivity index (χ1) is 5.57. The van der Waals surface area contributed by atoms with Crippen LogP contribution in [0.1, 0.15) is 20.3 Å². The molecular weight excluding hydrogens is 154 g/mol. The van der Waals surface area contributed by atoms with Gasteiger partial charge in [-0.2, -0.15) is 5.26 Å². The molecule has 0 aliphatic rings. The molecule has 0 aromatic rings. The first-order valence-corrected chi connectivity index (χ1v) is 3.84. The van der Waals surface area contributed by atoms with Gasteiger partial charge < -0.3 is 4.74 Å². The minimum atomic E-state index is -0.613. The number of carbonyl (C=O) groups excluding carboxylic acids is 1. The summed E-state index contributed by atoms with van der Waals surface area (Å²) in [4.78, 5) is 10.8. The molecule has 0 atom stereocenters. The maximum Gasteiger partial charge on any atom is 0.348 e. The molecule has 0 saturated heterocycles. The molecule has 0 fully saturated rings. The predicted molar refractivity (Wildman–Crippen MR) is 45.2 cm³/mol. The van der Waals surface area contributed by atoms with Crippen LogP contribution in [0.2, 0.25) is 0 Å². The van der Waals surface area contributed by atoms with Crippen molar-refractivity contribution in [3.05, 3.63) is 12.2 Å². The molecule has 0 aromatic carbocycles. The highest BCUT2D eigenvalue weighted by molar-refractivity contribution is 5.91. The third-order valence-electron chi connectivity index (χ3n) is 1.31. The van der Waals surface area contributed by atoms with Crippen molar-refractivity contribution in [1.29, 1.82) is 5.26 Å². The number of hydrogen-bond acceptors (Lipinski definition) is 3. The molecule has 3 heteroatoms.